The summed E-state index contributed by atoms with van der Waals surface area (Å²) in [4.78, 5) is 22.9. The molecular formula is C14H20N2O4. The molecular weight excluding hydrogens is 260 g/mol. The van der Waals surface area contributed by atoms with Crippen molar-refractivity contribution >= 4 is 17.6 Å². The predicted molar refractivity (Wildman–Crippen MR) is 75.3 cm³/mol. The summed E-state index contributed by atoms with van der Waals surface area (Å²) in [5.41, 5.74) is 6.22. The molecule has 0 radical (unpaired) electrons. The number of ether oxygens (including phenoxy) is 1. The number of unbranched alkanes of at least 4 members (excludes halogenated alkanes) is 1. The van der Waals surface area contributed by atoms with Gasteiger partial charge in [0.2, 0.25) is 0 Å². The first-order valence-corrected chi connectivity index (χ1v) is 6.57. The van der Waals surface area contributed by atoms with Crippen LogP contribution in [0.2, 0.25) is 0 Å². The molecule has 0 saturated carbocycles. The highest BCUT2D eigenvalue weighted by atomic mass is 16.5. The van der Waals surface area contributed by atoms with Gasteiger partial charge in [-0.15, -0.1) is 0 Å². The molecule has 6 heteroatoms. The summed E-state index contributed by atoms with van der Waals surface area (Å²) in [7, 11) is 0. The highest BCUT2D eigenvalue weighted by Crippen LogP contribution is 2.18. The van der Waals surface area contributed by atoms with Crippen molar-refractivity contribution in [2.75, 3.05) is 18.9 Å². The van der Waals surface area contributed by atoms with Gasteiger partial charge in [0.25, 0.3) is 5.91 Å². The summed E-state index contributed by atoms with van der Waals surface area (Å²) in [5.74, 6) is -0.572. The summed E-state index contributed by atoms with van der Waals surface area (Å²) >= 11 is 0. The molecule has 0 aliphatic rings. The van der Waals surface area contributed by atoms with Crippen LogP contribution in [0.5, 0.6) is 5.75 Å². The van der Waals surface area contributed by atoms with Crippen LogP contribution < -0.4 is 11.1 Å². The Hall–Kier alpha value is -2.24. The second-order valence-electron chi connectivity index (χ2n) is 4.29. The molecule has 0 aliphatic carbocycles. The fourth-order valence-corrected chi connectivity index (χ4v) is 1.67. The van der Waals surface area contributed by atoms with Crippen LogP contribution in [-0.2, 0) is 9.53 Å². The summed E-state index contributed by atoms with van der Waals surface area (Å²) in [6.45, 7) is 2.58. The third kappa shape index (κ3) is 5.17. The van der Waals surface area contributed by atoms with Gasteiger partial charge < -0.3 is 20.9 Å². The minimum Gasteiger partial charge on any atom is -0.508 e. The van der Waals surface area contributed by atoms with Crippen molar-refractivity contribution in [3.63, 3.8) is 0 Å². The largest absolute Gasteiger partial charge is 0.508 e. The molecule has 1 aromatic carbocycles. The lowest BCUT2D eigenvalue weighted by molar-refractivity contribution is -0.143. The van der Waals surface area contributed by atoms with Crippen LogP contribution >= 0.6 is 0 Å². The quantitative estimate of drug-likeness (QED) is 0.303. The smallest absolute Gasteiger partial charge is 0.305 e. The van der Waals surface area contributed by atoms with Crippen LogP contribution in [0.15, 0.2) is 18.2 Å². The van der Waals surface area contributed by atoms with Gasteiger partial charge in [0.05, 0.1) is 12.2 Å². The van der Waals surface area contributed by atoms with E-state index in [4.69, 9.17) is 10.5 Å². The molecule has 0 atom stereocenters. The van der Waals surface area contributed by atoms with Gasteiger partial charge in [0.15, 0.2) is 0 Å². The number of anilines is 1. The van der Waals surface area contributed by atoms with Crippen molar-refractivity contribution in [2.24, 2.45) is 0 Å². The average molecular weight is 280 g/mol. The van der Waals surface area contributed by atoms with Crippen molar-refractivity contribution in [1.82, 2.24) is 5.32 Å². The molecule has 20 heavy (non-hydrogen) atoms. The van der Waals surface area contributed by atoms with Crippen molar-refractivity contribution in [2.45, 2.75) is 26.2 Å². The van der Waals surface area contributed by atoms with E-state index in [1.165, 1.54) is 18.2 Å². The van der Waals surface area contributed by atoms with Crippen molar-refractivity contribution < 1.29 is 19.4 Å². The van der Waals surface area contributed by atoms with Gasteiger partial charge in [-0.25, -0.2) is 0 Å². The summed E-state index contributed by atoms with van der Waals surface area (Å²) < 4.78 is 4.80. The third-order valence-corrected chi connectivity index (χ3v) is 2.68. The first-order valence-electron chi connectivity index (χ1n) is 6.57. The second-order valence-corrected chi connectivity index (χ2v) is 4.29. The number of nitrogens with two attached hydrogens (primary N) is 1. The van der Waals surface area contributed by atoms with Gasteiger partial charge >= 0.3 is 5.97 Å². The lowest BCUT2D eigenvalue weighted by Crippen LogP contribution is -2.25. The summed E-state index contributed by atoms with van der Waals surface area (Å²) in [6.07, 6.45) is 1.66. The first-order chi connectivity index (χ1) is 9.54. The number of carbonyl (C=O) groups is 2. The highest BCUT2D eigenvalue weighted by molar-refractivity contribution is 5.99. The number of nitrogens with one attached hydrogen (secondary N) is 1. The standard InChI is InChI=1S/C14H20N2O4/c1-2-20-13(18)5-3-4-8-16-14(19)11-9-10(17)6-7-12(11)15/h6-7,9,17H,2-5,8,15H2,1H3,(H,16,19). The van der Waals surface area contributed by atoms with E-state index >= 15 is 0 Å². The maximum Gasteiger partial charge on any atom is 0.305 e. The minimum atomic E-state index is -0.338. The van der Waals surface area contributed by atoms with Crippen LogP contribution in [0.3, 0.4) is 0 Å². The number of hydrogen-bond donors (Lipinski definition) is 3. The number of phenols is 1. The second kappa shape index (κ2) is 8.04. The fraction of sp³-hybridized carbons (Fsp3) is 0.429. The Morgan fingerprint density at radius 3 is 2.80 bits per heavy atom. The Morgan fingerprint density at radius 1 is 1.35 bits per heavy atom. The SMILES string of the molecule is CCOC(=O)CCCCNC(=O)c1cc(O)ccc1N. The van der Waals surface area contributed by atoms with Gasteiger partial charge in [-0.1, -0.05) is 0 Å². The molecule has 4 N–H and O–H groups in total. The fourth-order valence-electron chi connectivity index (χ4n) is 1.67. The molecule has 0 fully saturated rings. The maximum atomic E-state index is 11.8. The number of hydrogen-bond acceptors (Lipinski definition) is 5. The molecule has 0 saturated heterocycles. The van der Waals surface area contributed by atoms with E-state index in [1.54, 1.807) is 6.92 Å². The van der Waals surface area contributed by atoms with Gasteiger partial charge in [0, 0.05) is 18.7 Å². The zero-order chi connectivity index (χ0) is 15.0. The van der Waals surface area contributed by atoms with Crippen molar-refractivity contribution in [3.05, 3.63) is 23.8 Å². The van der Waals surface area contributed by atoms with Crippen LogP contribution in [-0.4, -0.2) is 30.1 Å². The van der Waals surface area contributed by atoms with E-state index in [2.05, 4.69) is 5.32 Å². The molecule has 6 nitrogen and oxygen atoms in total. The molecule has 1 amide bonds. The number of esters is 1. The van der Waals surface area contributed by atoms with E-state index in [0.29, 0.717) is 38.1 Å². The Morgan fingerprint density at radius 2 is 2.10 bits per heavy atom. The molecule has 0 bridgehead atoms. The van der Waals surface area contributed by atoms with Crippen LogP contribution in [0.4, 0.5) is 5.69 Å². The number of aromatic hydroxyl groups is 1. The Kier molecular flexibility index (Phi) is 6.36. The van der Waals surface area contributed by atoms with Gasteiger partial charge in [-0.05, 0) is 38.0 Å². The normalized spacial score (nSPS) is 10.1. The highest BCUT2D eigenvalue weighted by Gasteiger charge is 2.10. The number of amides is 1. The van der Waals surface area contributed by atoms with Crippen molar-refractivity contribution in [1.29, 1.82) is 0 Å². The molecule has 1 rings (SSSR count). The van der Waals surface area contributed by atoms with E-state index in [1.807, 2.05) is 0 Å². The minimum absolute atomic E-state index is 0.00772. The zero-order valence-electron chi connectivity index (χ0n) is 11.5. The third-order valence-electron chi connectivity index (χ3n) is 2.68. The summed E-state index contributed by atoms with van der Waals surface area (Å²) in [5, 5.41) is 12.0. The van der Waals surface area contributed by atoms with Gasteiger partial charge in [-0.3, -0.25) is 9.59 Å². The number of nitrogen functional groups attached to an aromatic ring is 1. The molecule has 1 aromatic rings. The van der Waals surface area contributed by atoms with Crippen LogP contribution in [0.25, 0.3) is 0 Å². The van der Waals surface area contributed by atoms with Crippen LogP contribution in [0, 0.1) is 0 Å². The molecule has 0 spiro atoms. The molecule has 0 aliphatic heterocycles. The topological polar surface area (TPSA) is 102 Å². The zero-order valence-corrected chi connectivity index (χ0v) is 11.5. The van der Waals surface area contributed by atoms with Crippen molar-refractivity contribution in [3.8, 4) is 5.75 Å². The Balaban J connectivity index is 2.30. The Labute approximate surface area is 117 Å². The number of benzene rings is 1. The molecule has 0 aromatic heterocycles. The van der Waals surface area contributed by atoms with E-state index in [0.717, 1.165) is 0 Å². The number of carbonyl (C=O) groups excluding carboxylic acids is 2. The van der Waals surface area contributed by atoms with Crippen LogP contribution in [0.1, 0.15) is 36.5 Å². The molecule has 0 heterocycles. The first kappa shape index (κ1) is 15.8. The van der Waals surface area contributed by atoms with Gasteiger partial charge in [-0.2, -0.15) is 0 Å². The number of phenolic OH excluding ortho intramolecular Hbond substituents is 1. The lowest BCUT2D eigenvalue weighted by atomic mass is 10.1. The summed E-state index contributed by atoms with van der Waals surface area (Å²) in [6, 6.07) is 4.22. The van der Waals surface area contributed by atoms with E-state index in [-0.39, 0.29) is 23.2 Å². The monoisotopic (exact) mass is 280 g/mol. The lowest BCUT2D eigenvalue weighted by Gasteiger charge is -2.08. The maximum absolute atomic E-state index is 11.8. The van der Waals surface area contributed by atoms with Gasteiger partial charge in [0.1, 0.15) is 5.75 Å². The average Bonchev–Trinajstić information content (AvgIpc) is 2.41. The predicted octanol–water partition coefficient (Wildman–Crippen LogP) is 1.44. The van der Waals surface area contributed by atoms with E-state index < -0.39 is 0 Å². The molecule has 0 unspecified atom stereocenters. The Bertz CT molecular complexity index is 474. The molecule has 110 valence electrons. The van der Waals surface area contributed by atoms with E-state index in [9.17, 15) is 14.7 Å². The number of rotatable bonds is 7.